The zero-order valence-electron chi connectivity index (χ0n) is 21.7. The molecule has 37 heavy (non-hydrogen) atoms. The quantitative estimate of drug-likeness (QED) is 0.256. The monoisotopic (exact) mass is 492 g/mol. The molecule has 4 aromatic rings. The second-order valence-electron chi connectivity index (χ2n) is 10.3. The lowest BCUT2D eigenvalue weighted by atomic mass is 9.98. The third-order valence-corrected chi connectivity index (χ3v) is 7.32. The summed E-state index contributed by atoms with van der Waals surface area (Å²) in [6.45, 7) is 5.91. The van der Waals surface area contributed by atoms with E-state index in [1.165, 1.54) is 23.3 Å². The molecule has 1 saturated heterocycles. The molecule has 186 valence electrons. The number of hydrogen-bond donors (Lipinski definition) is 1. The lowest BCUT2D eigenvalue weighted by Crippen LogP contribution is -2.17. The van der Waals surface area contributed by atoms with E-state index in [1.54, 1.807) is 6.20 Å². The van der Waals surface area contributed by atoms with Gasteiger partial charge in [-0.05, 0) is 73.5 Å². The van der Waals surface area contributed by atoms with Crippen LogP contribution >= 0.6 is 0 Å². The number of allylic oxidation sites excluding steroid dienone is 1. The van der Waals surface area contributed by atoms with Gasteiger partial charge >= 0.3 is 0 Å². The van der Waals surface area contributed by atoms with Crippen LogP contribution in [-0.2, 0) is 6.42 Å². The largest absolute Gasteiger partial charge is 0.384 e. The van der Waals surface area contributed by atoms with Crippen LogP contribution in [0.2, 0.25) is 0 Å². The summed E-state index contributed by atoms with van der Waals surface area (Å²) in [5.74, 6) is -0.245. The van der Waals surface area contributed by atoms with Crippen LogP contribution in [0.3, 0.4) is 0 Å². The number of nitrogens with one attached hydrogen (secondary N) is 1. The second kappa shape index (κ2) is 9.76. The minimum Gasteiger partial charge on any atom is -0.384 e. The van der Waals surface area contributed by atoms with Crippen molar-refractivity contribution in [1.29, 1.82) is 5.26 Å². The third-order valence-electron chi connectivity index (χ3n) is 7.32. The Kier molecular flexibility index (Phi) is 6.49. The molecule has 3 heterocycles. The normalized spacial score (nSPS) is 16.4. The molecule has 5 rings (SSSR count). The first kappa shape index (κ1) is 24.6. The summed E-state index contributed by atoms with van der Waals surface area (Å²) in [6, 6.07) is 19.4. The maximum Gasteiger partial charge on any atom is 0.164 e. The number of aromatic nitrogens is 2. The number of likely N-dealkylation sites (N-methyl/N-ethyl adjacent to an activating group) is 1. The van der Waals surface area contributed by atoms with Gasteiger partial charge in [0.2, 0.25) is 0 Å². The molecule has 1 atom stereocenters. The van der Waals surface area contributed by atoms with Gasteiger partial charge in [0, 0.05) is 47.1 Å². The van der Waals surface area contributed by atoms with Crippen molar-refractivity contribution in [3.63, 3.8) is 0 Å². The van der Waals surface area contributed by atoms with Gasteiger partial charge in [0.1, 0.15) is 18.4 Å². The summed E-state index contributed by atoms with van der Waals surface area (Å²) in [5.41, 5.74) is 8.56. The van der Waals surface area contributed by atoms with Gasteiger partial charge in [0.15, 0.2) is 6.04 Å². The van der Waals surface area contributed by atoms with E-state index >= 15 is 0 Å². The van der Waals surface area contributed by atoms with E-state index in [-0.39, 0.29) is 5.82 Å². The van der Waals surface area contributed by atoms with Crippen molar-refractivity contribution in [2.24, 2.45) is 0 Å². The minimum absolute atomic E-state index is 0.245. The molecule has 1 aliphatic rings. The van der Waals surface area contributed by atoms with E-state index in [4.69, 9.17) is 4.98 Å². The number of fused-ring (bicyclic) bond motifs is 1. The van der Waals surface area contributed by atoms with E-state index in [0.29, 0.717) is 18.2 Å². The fourth-order valence-corrected chi connectivity index (χ4v) is 5.05. The highest BCUT2D eigenvalue weighted by Crippen LogP contribution is 2.43. The van der Waals surface area contributed by atoms with E-state index in [2.05, 4.69) is 49.5 Å². The Morgan fingerprint density at radius 1 is 1.19 bits per heavy atom. The molecule has 1 unspecified atom stereocenters. The first-order chi connectivity index (χ1) is 17.8. The van der Waals surface area contributed by atoms with Gasteiger partial charge in [-0.3, -0.25) is 9.97 Å². The SMILES string of the molecule is C/C=C(\NCCc1cc(C2C[N+]2(C)C)c(C)c(-c2ccc(F)cc2)n1)c1cc(C#N)c2ncccc2c1. The first-order valence-electron chi connectivity index (χ1n) is 12.6. The Hall–Kier alpha value is -4.08. The molecule has 0 bridgehead atoms. The lowest BCUT2D eigenvalue weighted by molar-refractivity contribution is -0.772. The molecule has 0 saturated carbocycles. The highest BCUT2D eigenvalue weighted by molar-refractivity contribution is 5.87. The molecule has 0 spiro atoms. The van der Waals surface area contributed by atoms with Crippen molar-refractivity contribution in [1.82, 2.24) is 15.3 Å². The summed E-state index contributed by atoms with van der Waals surface area (Å²) in [4.78, 5) is 9.38. The van der Waals surface area contributed by atoms with Crippen molar-refractivity contribution >= 4 is 16.6 Å². The highest BCUT2D eigenvalue weighted by atomic mass is 19.1. The maximum atomic E-state index is 13.6. The number of benzene rings is 2. The minimum atomic E-state index is -0.245. The summed E-state index contributed by atoms with van der Waals surface area (Å²) in [6.07, 6.45) is 4.47. The van der Waals surface area contributed by atoms with Crippen molar-refractivity contribution in [2.75, 3.05) is 27.2 Å². The summed E-state index contributed by atoms with van der Waals surface area (Å²) in [7, 11) is 4.49. The standard InChI is InChI=1S/C31H31FN5/c1-5-28(23-15-22-7-6-13-35-31(22)24(16-23)18-33)34-14-12-26-17-27(29-19-37(29,3)4)20(2)30(36-26)21-8-10-25(32)11-9-21/h5-11,13,15-17,29,34H,12,14,19H2,1-4H3/q+1/b28-5-. The molecular formula is C31H31FN5+. The number of hydrogen-bond acceptors (Lipinski definition) is 4. The predicted octanol–water partition coefficient (Wildman–Crippen LogP) is 5.94. The van der Waals surface area contributed by atoms with Crippen LogP contribution < -0.4 is 5.32 Å². The van der Waals surface area contributed by atoms with Gasteiger partial charge in [-0.2, -0.15) is 5.26 Å². The summed E-state index contributed by atoms with van der Waals surface area (Å²) >= 11 is 0. The van der Waals surface area contributed by atoms with Gasteiger partial charge in [0.05, 0.1) is 30.9 Å². The summed E-state index contributed by atoms with van der Waals surface area (Å²) in [5, 5.41) is 14.1. The first-order valence-corrected chi connectivity index (χ1v) is 12.6. The maximum absolute atomic E-state index is 13.6. The number of nitriles is 1. The molecule has 2 aromatic heterocycles. The Bertz CT molecular complexity index is 1550. The predicted molar refractivity (Wildman–Crippen MR) is 146 cm³/mol. The van der Waals surface area contributed by atoms with Crippen LogP contribution in [0, 0.1) is 24.1 Å². The molecule has 0 radical (unpaired) electrons. The molecule has 1 aliphatic heterocycles. The number of pyridine rings is 2. The van der Waals surface area contributed by atoms with Gasteiger partial charge in [0.25, 0.3) is 0 Å². The molecule has 1 N–H and O–H groups in total. The number of halogens is 1. The van der Waals surface area contributed by atoms with Crippen molar-refractivity contribution in [3.05, 3.63) is 101 Å². The van der Waals surface area contributed by atoms with Crippen molar-refractivity contribution < 1.29 is 8.87 Å². The van der Waals surface area contributed by atoms with E-state index in [0.717, 1.165) is 56.6 Å². The lowest BCUT2D eigenvalue weighted by Gasteiger charge is -2.16. The van der Waals surface area contributed by atoms with E-state index in [9.17, 15) is 9.65 Å². The van der Waals surface area contributed by atoms with Crippen molar-refractivity contribution in [3.8, 4) is 17.3 Å². The Morgan fingerprint density at radius 2 is 1.95 bits per heavy atom. The van der Waals surface area contributed by atoms with Gasteiger partial charge in [-0.15, -0.1) is 0 Å². The van der Waals surface area contributed by atoms with Gasteiger partial charge in [-0.25, -0.2) is 4.39 Å². The van der Waals surface area contributed by atoms with Crippen molar-refractivity contribution in [2.45, 2.75) is 26.3 Å². The van der Waals surface area contributed by atoms with Gasteiger partial charge < -0.3 is 9.80 Å². The van der Waals surface area contributed by atoms with Crippen LogP contribution in [0.4, 0.5) is 4.39 Å². The van der Waals surface area contributed by atoms with Crippen LogP contribution in [0.15, 0.2) is 66.9 Å². The smallest absolute Gasteiger partial charge is 0.164 e. The van der Waals surface area contributed by atoms with E-state index < -0.39 is 0 Å². The Morgan fingerprint density at radius 3 is 2.62 bits per heavy atom. The topological polar surface area (TPSA) is 61.6 Å². The summed E-state index contributed by atoms with van der Waals surface area (Å²) < 4.78 is 14.6. The van der Waals surface area contributed by atoms with Crippen LogP contribution in [0.5, 0.6) is 0 Å². The average Bonchev–Trinajstić information content (AvgIpc) is 3.54. The molecule has 0 aliphatic carbocycles. The number of quaternary nitrogens is 1. The van der Waals surface area contributed by atoms with Gasteiger partial charge in [-0.1, -0.05) is 12.1 Å². The second-order valence-corrected chi connectivity index (χ2v) is 10.3. The molecule has 0 amide bonds. The fourth-order valence-electron chi connectivity index (χ4n) is 5.05. The highest BCUT2D eigenvalue weighted by Gasteiger charge is 2.49. The molecule has 2 aromatic carbocycles. The fraction of sp³-hybridized carbons (Fsp3) is 0.258. The molecule has 6 heteroatoms. The third kappa shape index (κ3) is 4.96. The molecule has 1 fully saturated rings. The number of rotatable bonds is 7. The van der Waals surface area contributed by atoms with Crippen LogP contribution in [-0.4, -0.2) is 41.6 Å². The number of nitrogens with zero attached hydrogens (tertiary/aromatic N) is 4. The molecule has 5 nitrogen and oxygen atoms in total. The van der Waals surface area contributed by atoms with E-state index in [1.807, 2.05) is 43.3 Å². The van der Waals surface area contributed by atoms with Crippen LogP contribution in [0.25, 0.3) is 27.9 Å². The Labute approximate surface area is 217 Å². The molecular weight excluding hydrogens is 461 g/mol. The zero-order chi connectivity index (χ0) is 26.2. The van der Waals surface area contributed by atoms with Crippen LogP contribution in [0.1, 0.15) is 40.9 Å². The average molecular weight is 493 g/mol. The Balaban J connectivity index is 1.40. The zero-order valence-corrected chi connectivity index (χ0v) is 21.7.